The Morgan fingerprint density at radius 1 is 1.29 bits per heavy atom. The number of nitrogens with zero attached hydrogens (tertiary/aromatic N) is 2. The highest BCUT2D eigenvalue weighted by Crippen LogP contribution is 2.30. The van der Waals surface area contributed by atoms with E-state index in [1.807, 2.05) is 0 Å². The monoisotopic (exact) mass is 256 g/mol. The van der Waals surface area contributed by atoms with Crippen LogP contribution in [0.3, 0.4) is 0 Å². The van der Waals surface area contributed by atoms with Crippen molar-refractivity contribution in [2.75, 3.05) is 0 Å². The first-order chi connectivity index (χ1) is 8.02. The second kappa shape index (κ2) is 4.25. The van der Waals surface area contributed by atoms with Crippen LogP contribution in [0.15, 0.2) is 18.2 Å². The predicted molar refractivity (Wildman–Crippen MR) is 59.0 cm³/mol. The van der Waals surface area contributed by atoms with E-state index in [0.717, 1.165) is 18.2 Å². The normalized spacial score (nSPS) is 10.6. The maximum absolute atomic E-state index is 13.1. The zero-order valence-corrected chi connectivity index (χ0v) is 9.50. The molecule has 6 heteroatoms. The van der Waals surface area contributed by atoms with Crippen molar-refractivity contribution in [1.29, 1.82) is 0 Å². The van der Waals surface area contributed by atoms with E-state index in [2.05, 4.69) is 5.10 Å². The highest BCUT2D eigenvalue weighted by molar-refractivity contribution is 6.35. The van der Waals surface area contributed by atoms with Gasteiger partial charge in [-0.05, 0) is 12.1 Å². The summed E-state index contributed by atoms with van der Waals surface area (Å²) in [7, 11) is 1.54. The number of hydrogen-bond donors (Lipinski definition) is 0. The van der Waals surface area contributed by atoms with Crippen molar-refractivity contribution in [2.45, 2.75) is 0 Å². The molecule has 0 saturated heterocycles. The lowest BCUT2D eigenvalue weighted by molar-refractivity contribution is 0.111. The first-order valence-corrected chi connectivity index (χ1v) is 5.05. The summed E-state index contributed by atoms with van der Waals surface area (Å²) in [6.45, 7) is 0. The van der Waals surface area contributed by atoms with E-state index in [1.54, 1.807) is 0 Å². The number of carbonyl (C=O) groups excluding carboxylic acids is 1. The van der Waals surface area contributed by atoms with E-state index in [-0.39, 0.29) is 16.3 Å². The minimum Gasteiger partial charge on any atom is -0.296 e. The Hall–Kier alpha value is -1.75. The third-order valence-corrected chi connectivity index (χ3v) is 2.63. The number of halogens is 3. The Kier molecular flexibility index (Phi) is 2.93. The van der Waals surface area contributed by atoms with Crippen LogP contribution in [0.4, 0.5) is 8.78 Å². The van der Waals surface area contributed by atoms with Gasteiger partial charge in [0.15, 0.2) is 6.29 Å². The second-order valence-electron chi connectivity index (χ2n) is 3.45. The molecular formula is C11H7ClF2N2O. The quantitative estimate of drug-likeness (QED) is 0.775. The molecule has 0 spiro atoms. The third kappa shape index (κ3) is 2.06. The number of carbonyl (C=O) groups is 1. The molecular weight excluding hydrogens is 250 g/mol. The summed E-state index contributed by atoms with van der Waals surface area (Å²) in [5.74, 6) is -1.44. The van der Waals surface area contributed by atoms with Crippen molar-refractivity contribution < 1.29 is 13.6 Å². The van der Waals surface area contributed by atoms with Crippen LogP contribution < -0.4 is 0 Å². The predicted octanol–water partition coefficient (Wildman–Crippen LogP) is 2.83. The SMILES string of the molecule is Cn1nc(C=O)c(Cl)c1-c1cc(F)cc(F)c1. The topological polar surface area (TPSA) is 34.9 Å². The van der Waals surface area contributed by atoms with Gasteiger partial charge in [0.05, 0.1) is 10.7 Å². The van der Waals surface area contributed by atoms with Gasteiger partial charge in [-0.2, -0.15) is 5.10 Å². The first-order valence-electron chi connectivity index (χ1n) is 4.67. The minimum absolute atomic E-state index is 0.0360. The highest BCUT2D eigenvalue weighted by Gasteiger charge is 2.16. The molecule has 0 saturated carbocycles. The van der Waals surface area contributed by atoms with E-state index in [9.17, 15) is 13.6 Å². The second-order valence-corrected chi connectivity index (χ2v) is 3.83. The summed E-state index contributed by atoms with van der Waals surface area (Å²) >= 11 is 5.91. The van der Waals surface area contributed by atoms with Crippen molar-refractivity contribution in [3.05, 3.63) is 40.6 Å². The van der Waals surface area contributed by atoms with Gasteiger partial charge >= 0.3 is 0 Å². The lowest BCUT2D eigenvalue weighted by Crippen LogP contribution is -1.95. The van der Waals surface area contributed by atoms with Crippen LogP contribution in [0.5, 0.6) is 0 Å². The van der Waals surface area contributed by atoms with Crippen molar-refractivity contribution in [2.24, 2.45) is 7.05 Å². The fourth-order valence-corrected chi connectivity index (χ4v) is 1.91. The Labute approximate surface area is 101 Å². The van der Waals surface area contributed by atoms with Gasteiger partial charge in [-0.1, -0.05) is 11.6 Å². The molecule has 0 N–H and O–H groups in total. The third-order valence-electron chi connectivity index (χ3n) is 2.26. The molecule has 0 radical (unpaired) electrons. The number of rotatable bonds is 2. The van der Waals surface area contributed by atoms with Crippen LogP contribution in [-0.4, -0.2) is 16.1 Å². The molecule has 88 valence electrons. The molecule has 2 aromatic rings. The molecule has 0 fully saturated rings. The van der Waals surface area contributed by atoms with E-state index in [0.29, 0.717) is 12.0 Å². The molecule has 0 atom stereocenters. The van der Waals surface area contributed by atoms with Crippen molar-refractivity contribution in [3.8, 4) is 11.3 Å². The smallest absolute Gasteiger partial charge is 0.171 e. The number of benzene rings is 1. The zero-order valence-electron chi connectivity index (χ0n) is 8.75. The highest BCUT2D eigenvalue weighted by atomic mass is 35.5. The van der Waals surface area contributed by atoms with Gasteiger partial charge in [0, 0.05) is 18.7 Å². The molecule has 0 amide bonds. The Bertz CT molecular complexity index is 575. The van der Waals surface area contributed by atoms with Crippen LogP contribution in [-0.2, 0) is 7.05 Å². The van der Waals surface area contributed by atoms with Gasteiger partial charge in [0.2, 0.25) is 0 Å². The Morgan fingerprint density at radius 2 is 1.88 bits per heavy atom. The van der Waals surface area contributed by atoms with Crippen molar-refractivity contribution >= 4 is 17.9 Å². The van der Waals surface area contributed by atoms with E-state index in [1.165, 1.54) is 11.7 Å². The lowest BCUT2D eigenvalue weighted by atomic mass is 10.1. The summed E-state index contributed by atoms with van der Waals surface area (Å²) < 4.78 is 27.5. The number of aryl methyl sites for hydroxylation is 1. The molecule has 2 rings (SSSR count). The molecule has 1 aromatic heterocycles. The summed E-state index contributed by atoms with van der Waals surface area (Å²) in [6.07, 6.45) is 0.488. The first kappa shape index (κ1) is 11.7. The zero-order chi connectivity index (χ0) is 12.6. The molecule has 1 aromatic carbocycles. The number of aldehydes is 1. The van der Waals surface area contributed by atoms with Gasteiger partial charge < -0.3 is 0 Å². The van der Waals surface area contributed by atoms with Crippen LogP contribution >= 0.6 is 11.6 Å². The van der Waals surface area contributed by atoms with E-state index >= 15 is 0 Å². The fourth-order valence-electron chi connectivity index (χ4n) is 1.60. The fraction of sp³-hybridized carbons (Fsp3) is 0.0909. The summed E-state index contributed by atoms with van der Waals surface area (Å²) in [5, 5.41) is 3.91. The molecule has 0 bridgehead atoms. The van der Waals surface area contributed by atoms with Crippen LogP contribution in [0.25, 0.3) is 11.3 Å². The van der Waals surface area contributed by atoms with Crippen LogP contribution in [0, 0.1) is 11.6 Å². The molecule has 0 aliphatic rings. The lowest BCUT2D eigenvalue weighted by Gasteiger charge is -2.03. The number of hydrogen-bond acceptors (Lipinski definition) is 2. The standard InChI is InChI=1S/C11H7ClF2N2O/c1-16-11(10(12)9(5-17)15-16)6-2-7(13)4-8(14)3-6/h2-5H,1H3. The largest absolute Gasteiger partial charge is 0.296 e. The van der Waals surface area contributed by atoms with Crippen molar-refractivity contribution in [3.63, 3.8) is 0 Å². The maximum atomic E-state index is 13.1. The molecule has 0 unspecified atom stereocenters. The van der Waals surface area contributed by atoms with Gasteiger partial charge in [0.25, 0.3) is 0 Å². The summed E-state index contributed by atoms with van der Waals surface area (Å²) in [6, 6.07) is 3.01. The average Bonchev–Trinajstić information content (AvgIpc) is 2.52. The van der Waals surface area contributed by atoms with Gasteiger partial charge in [-0.15, -0.1) is 0 Å². The van der Waals surface area contributed by atoms with E-state index in [4.69, 9.17) is 11.6 Å². The number of aromatic nitrogens is 2. The van der Waals surface area contributed by atoms with Crippen LogP contribution in [0.1, 0.15) is 10.5 Å². The van der Waals surface area contributed by atoms with Gasteiger partial charge in [-0.25, -0.2) is 8.78 Å². The Balaban J connectivity index is 2.67. The molecule has 17 heavy (non-hydrogen) atoms. The van der Waals surface area contributed by atoms with Gasteiger partial charge in [-0.3, -0.25) is 9.48 Å². The van der Waals surface area contributed by atoms with Gasteiger partial charge in [0.1, 0.15) is 17.3 Å². The molecule has 0 aliphatic heterocycles. The molecule has 0 aliphatic carbocycles. The van der Waals surface area contributed by atoms with E-state index < -0.39 is 11.6 Å². The molecule has 1 heterocycles. The minimum atomic E-state index is -0.718. The maximum Gasteiger partial charge on any atom is 0.171 e. The summed E-state index contributed by atoms with van der Waals surface area (Å²) in [5.41, 5.74) is 0.566. The summed E-state index contributed by atoms with van der Waals surface area (Å²) in [4.78, 5) is 10.6. The average molecular weight is 257 g/mol. The Morgan fingerprint density at radius 3 is 2.35 bits per heavy atom. The van der Waals surface area contributed by atoms with Crippen LogP contribution in [0.2, 0.25) is 5.02 Å². The van der Waals surface area contributed by atoms with Crippen molar-refractivity contribution in [1.82, 2.24) is 9.78 Å². The molecule has 3 nitrogen and oxygen atoms in total.